The molecule has 0 bridgehead atoms. The lowest BCUT2D eigenvalue weighted by Gasteiger charge is -2.14. The van der Waals surface area contributed by atoms with Crippen LogP contribution in [0.5, 0.6) is 0 Å². The monoisotopic (exact) mass is 223 g/mol. The lowest BCUT2D eigenvalue weighted by molar-refractivity contribution is 0.0694. The summed E-state index contributed by atoms with van der Waals surface area (Å²) in [6.07, 6.45) is 0.961. The van der Waals surface area contributed by atoms with E-state index in [4.69, 9.17) is 5.11 Å². The number of nitrogens with zero attached hydrogens (tertiary/aromatic N) is 1. The van der Waals surface area contributed by atoms with Crippen molar-refractivity contribution in [2.75, 3.05) is 0 Å². The molecule has 0 radical (unpaired) electrons. The van der Waals surface area contributed by atoms with Gasteiger partial charge in [-0.1, -0.05) is 20.3 Å². The molecule has 0 aromatic carbocycles. The molecule has 1 N–H and O–H groups in total. The number of aromatic nitrogens is 1. The average molecular weight is 223 g/mol. The number of hydrogen-bond acceptors (Lipinski definition) is 2. The smallest absolute Gasteiger partial charge is 0.341 e. The minimum atomic E-state index is -1.16. The first-order valence-electron chi connectivity index (χ1n) is 5.41. The van der Waals surface area contributed by atoms with E-state index in [1.54, 1.807) is 6.07 Å². The van der Waals surface area contributed by atoms with Crippen molar-refractivity contribution in [2.24, 2.45) is 5.92 Å². The van der Waals surface area contributed by atoms with Gasteiger partial charge in [0, 0.05) is 12.2 Å². The van der Waals surface area contributed by atoms with Crippen molar-refractivity contribution in [1.82, 2.24) is 4.57 Å². The molecule has 1 unspecified atom stereocenters. The summed E-state index contributed by atoms with van der Waals surface area (Å²) in [6, 6.07) is 3.04. The van der Waals surface area contributed by atoms with Gasteiger partial charge in [-0.3, -0.25) is 4.79 Å². The molecule has 4 nitrogen and oxygen atoms in total. The Bertz CT molecular complexity index is 448. The second-order valence-corrected chi connectivity index (χ2v) is 4.12. The molecule has 1 rings (SSSR count). The van der Waals surface area contributed by atoms with E-state index in [1.165, 1.54) is 10.6 Å². The molecule has 0 aliphatic heterocycles. The Labute approximate surface area is 94.5 Å². The molecule has 1 aromatic rings. The van der Waals surface area contributed by atoms with Crippen LogP contribution in [0.1, 0.15) is 36.3 Å². The topological polar surface area (TPSA) is 59.3 Å². The van der Waals surface area contributed by atoms with Crippen LogP contribution in [0, 0.1) is 12.8 Å². The van der Waals surface area contributed by atoms with Gasteiger partial charge in [0.25, 0.3) is 5.56 Å². The fourth-order valence-electron chi connectivity index (χ4n) is 1.50. The van der Waals surface area contributed by atoms with Gasteiger partial charge in [0.05, 0.1) is 0 Å². The molecule has 0 saturated carbocycles. The molecule has 4 heteroatoms. The molecule has 0 saturated heterocycles. The standard InChI is InChI=1S/C12H17NO3/c1-4-8(2)7-13-9(3)5-6-10(11(13)14)12(15)16/h5-6,8H,4,7H2,1-3H3,(H,15,16). The summed E-state index contributed by atoms with van der Waals surface area (Å²) in [5.74, 6) is -0.802. The molecule has 1 heterocycles. The average Bonchev–Trinajstić information content (AvgIpc) is 2.23. The third-order valence-electron chi connectivity index (χ3n) is 2.81. The van der Waals surface area contributed by atoms with Gasteiger partial charge in [-0.25, -0.2) is 4.79 Å². The fourth-order valence-corrected chi connectivity index (χ4v) is 1.50. The Balaban J connectivity index is 3.22. The quantitative estimate of drug-likeness (QED) is 0.848. The first-order chi connectivity index (χ1) is 7.47. The SMILES string of the molecule is CCC(C)Cn1c(C)ccc(C(=O)O)c1=O. The predicted octanol–water partition coefficient (Wildman–Crippen LogP) is 1.90. The Hall–Kier alpha value is -1.58. The molecular weight excluding hydrogens is 206 g/mol. The number of carboxylic acid groups (broad SMARTS) is 1. The maximum absolute atomic E-state index is 11.9. The molecule has 16 heavy (non-hydrogen) atoms. The molecule has 1 aromatic heterocycles. The van der Waals surface area contributed by atoms with Crippen LogP contribution >= 0.6 is 0 Å². The van der Waals surface area contributed by atoms with Crippen molar-refractivity contribution in [3.8, 4) is 0 Å². The van der Waals surface area contributed by atoms with E-state index in [2.05, 4.69) is 0 Å². The van der Waals surface area contributed by atoms with Crippen LogP contribution in [-0.4, -0.2) is 15.6 Å². The van der Waals surface area contributed by atoms with Gasteiger partial charge in [-0.15, -0.1) is 0 Å². The van der Waals surface area contributed by atoms with E-state index in [-0.39, 0.29) is 5.56 Å². The summed E-state index contributed by atoms with van der Waals surface area (Å²) >= 11 is 0. The van der Waals surface area contributed by atoms with Gasteiger partial charge in [-0.2, -0.15) is 0 Å². The Morgan fingerprint density at radius 3 is 2.62 bits per heavy atom. The highest BCUT2D eigenvalue weighted by molar-refractivity contribution is 5.87. The number of aromatic carboxylic acids is 1. The zero-order chi connectivity index (χ0) is 12.3. The van der Waals surface area contributed by atoms with Crippen molar-refractivity contribution in [3.63, 3.8) is 0 Å². The van der Waals surface area contributed by atoms with E-state index in [0.717, 1.165) is 12.1 Å². The van der Waals surface area contributed by atoms with Gasteiger partial charge in [0.15, 0.2) is 0 Å². The molecule has 0 aliphatic carbocycles. The summed E-state index contributed by atoms with van der Waals surface area (Å²) in [5.41, 5.74) is 0.233. The van der Waals surface area contributed by atoms with E-state index in [0.29, 0.717) is 12.5 Å². The normalized spacial score (nSPS) is 12.4. The van der Waals surface area contributed by atoms with Crippen LogP contribution in [0.3, 0.4) is 0 Å². The van der Waals surface area contributed by atoms with Crippen molar-refractivity contribution in [1.29, 1.82) is 0 Å². The largest absolute Gasteiger partial charge is 0.477 e. The van der Waals surface area contributed by atoms with Crippen LogP contribution in [0.4, 0.5) is 0 Å². The predicted molar refractivity (Wildman–Crippen MR) is 61.9 cm³/mol. The van der Waals surface area contributed by atoms with Gasteiger partial charge in [-0.05, 0) is 25.0 Å². The third kappa shape index (κ3) is 2.51. The zero-order valence-corrected chi connectivity index (χ0v) is 9.86. The second-order valence-electron chi connectivity index (χ2n) is 4.12. The summed E-state index contributed by atoms with van der Waals surface area (Å²) in [6.45, 7) is 6.48. The zero-order valence-electron chi connectivity index (χ0n) is 9.86. The van der Waals surface area contributed by atoms with E-state index in [1.807, 2.05) is 20.8 Å². The third-order valence-corrected chi connectivity index (χ3v) is 2.81. The summed E-state index contributed by atoms with van der Waals surface area (Å²) in [4.78, 5) is 22.7. The minimum Gasteiger partial charge on any atom is -0.477 e. The number of carbonyl (C=O) groups is 1. The molecule has 0 aliphatic rings. The van der Waals surface area contributed by atoms with Crippen LogP contribution in [-0.2, 0) is 6.54 Å². The van der Waals surface area contributed by atoms with Crippen LogP contribution in [0.25, 0.3) is 0 Å². The highest BCUT2D eigenvalue weighted by Gasteiger charge is 2.13. The lowest BCUT2D eigenvalue weighted by atomic mass is 10.1. The molecular formula is C12H17NO3. The second kappa shape index (κ2) is 4.96. The lowest BCUT2D eigenvalue weighted by Crippen LogP contribution is -2.29. The van der Waals surface area contributed by atoms with Gasteiger partial charge in [0.1, 0.15) is 5.56 Å². The van der Waals surface area contributed by atoms with E-state index < -0.39 is 11.5 Å². The van der Waals surface area contributed by atoms with Crippen molar-refractivity contribution < 1.29 is 9.90 Å². The number of pyridine rings is 1. The maximum atomic E-state index is 11.9. The number of rotatable bonds is 4. The maximum Gasteiger partial charge on any atom is 0.341 e. The summed E-state index contributed by atoms with van der Waals surface area (Å²) in [7, 11) is 0. The van der Waals surface area contributed by atoms with Crippen molar-refractivity contribution >= 4 is 5.97 Å². The highest BCUT2D eigenvalue weighted by atomic mass is 16.4. The first kappa shape index (κ1) is 12.5. The Morgan fingerprint density at radius 2 is 2.12 bits per heavy atom. The van der Waals surface area contributed by atoms with Gasteiger partial charge >= 0.3 is 5.97 Å². The van der Waals surface area contributed by atoms with Crippen LogP contribution in [0.2, 0.25) is 0 Å². The van der Waals surface area contributed by atoms with Crippen molar-refractivity contribution in [2.45, 2.75) is 33.7 Å². The van der Waals surface area contributed by atoms with Gasteiger partial charge in [0.2, 0.25) is 0 Å². The van der Waals surface area contributed by atoms with Gasteiger partial charge < -0.3 is 9.67 Å². The highest BCUT2D eigenvalue weighted by Crippen LogP contribution is 2.06. The first-order valence-corrected chi connectivity index (χ1v) is 5.41. The minimum absolute atomic E-state index is 0.158. The Morgan fingerprint density at radius 1 is 1.50 bits per heavy atom. The molecule has 0 fully saturated rings. The van der Waals surface area contributed by atoms with Crippen LogP contribution < -0.4 is 5.56 Å². The number of aryl methyl sites for hydroxylation is 1. The summed E-state index contributed by atoms with van der Waals surface area (Å²) < 4.78 is 1.54. The molecule has 88 valence electrons. The Kier molecular flexibility index (Phi) is 3.88. The fraction of sp³-hybridized carbons (Fsp3) is 0.500. The van der Waals surface area contributed by atoms with Crippen LogP contribution in [0.15, 0.2) is 16.9 Å². The molecule has 0 spiro atoms. The molecule has 0 amide bonds. The van der Waals surface area contributed by atoms with E-state index >= 15 is 0 Å². The van der Waals surface area contributed by atoms with Crippen molar-refractivity contribution in [3.05, 3.63) is 33.7 Å². The number of carboxylic acids is 1. The summed E-state index contributed by atoms with van der Waals surface area (Å²) in [5, 5.41) is 8.86. The molecule has 1 atom stereocenters. The van der Waals surface area contributed by atoms with E-state index in [9.17, 15) is 9.59 Å². The number of hydrogen-bond donors (Lipinski definition) is 1.